The van der Waals surface area contributed by atoms with E-state index in [2.05, 4.69) is 6.58 Å². The number of benzene rings is 1. The summed E-state index contributed by atoms with van der Waals surface area (Å²) >= 11 is 0. The predicted molar refractivity (Wildman–Crippen MR) is 85.5 cm³/mol. The molecular weight excluding hydrogens is 312 g/mol. The molecule has 1 heterocycles. The van der Waals surface area contributed by atoms with Crippen LogP contribution >= 0.6 is 0 Å². The third-order valence-corrected chi connectivity index (χ3v) is 2.95. The second-order valence-corrected chi connectivity index (χ2v) is 4.56. The molecule has 0 radical (unpaired) electrons. The fourth-order valence-corrected chi connectivity index (χ4v) is 1.82. The van der Waals surface area contributed by atoms with Gasteiger partial charge >= 0.3 is 5.97 Å². The van der Waals surface area contributed by atoms with Crippen LogP contribution in [0.4, 0.5) is 5.69 Å². The Kier molecular flexibility index (Phi) is 5.26. The molecule has 0 saturated heterocycles. The van der Waals surface area contributed by atoms with Crippen molar-refractivity contribution >= 4 is 17.7 Å². The molecule has 0 spiro atoms. The van der Waals surface area contributed by atoms with Crippen LogP contribution in [0.1, 0.15) is 5.76 Å². The van der Waals surface area contributed by atoms with Gasteiger partial charge in [-0.15, -0.1) is 0 Å². The summed E-state index contributed by atoms with van der Waals surface area (Å²) in [5.74, 6) is -0.0333. The number of nitrogens with zero attached hydrogens (tertiary/aromatic N) is 2. The van der Waals surface area contributed by atoms with Crippen LogP contribution in [0.25, 0.3) is 17.4 Å². The van der Waals surface area contributed by atoms with Crippen molar-refractivity contribution in [1.29, 1.82) is 5.26 Å². The first kappa shape index (κ1) is 16.7. The molecular formula is C17H12N2O5. The van der Waals surface area contributed by atoms with Crippen molar-refractivity contribution in [2.75, 3.05) is 6.61 Å². The molecule has 0 aliphatic carbocycles. The minimum absolute atomic E-state index is 0.00402. The minimum Gasteiger partial charge on any atom is -0.457 e. The summed E-state index contributed by atoms with van der Waals surface area (Å²) in [7, 11) is 0. The number of hydrogen-bond acceptors (Lipinski definition) is 6. The van der Waals surface area contributed by atoms with E-state index >= 15 is 0 Å². The highest BCUT2D eigenvalue weighted by Gasteiger charge is 2.12. The van der Waals surface area contributed by atoms with Gasteiger partial charge in [0.25, 0.3) is 5.69 Å². The van der Waals surface area contributed by atoms with Crippen molar-refractivity contribution in [1.82, 2.24) is 0 Å². The summed E-state index contributed by atoms with van der Waals surface area (Å²) in [5, 5.41) is 19.7. The Bertz CT molecular complexity index is 841. The molecule has 0 aliphatic heterocycles. The average Bonchev–Trinajstić information content (AvgIpc) is 3.06. The molecule has 0 N–H and O–H groups in total. The predicted octanol–water partition coefficient (Wildman–Crippen LogP) is 3.49. The minimum atomic E-state index is -0.773. The Morgan fingerprint density at radius 3 is 2.62 bits per heavy atom. The van der Waals surface area contributed by atoms with Crippen molar-refractivity contribution in [3.8, 4) is 17.4 Å². The first-order chi connectivity index (χ1) is 11.5. The van der Waals surface area contributed by atoms with Crippen LogP contribution in [0.3, 0.4) is 0 Å². The number of esters is 1. The molecule has 0 amide bonds. The van der Waals surface area contributed by atoms with Crippen LogP contribution in [0.15, 0.2) is 59.0 Å². The van der Waals surface area contributed by atoms with Crippen LogP contribution in [-0.4, -0.2) is 17.5 Å². The molecule has 7 heteroatoms. The van der Waals surface area contributed by atoms with Gasteiger partial charge in [0.15, 0.2) is 0 Å². The summed E-state index contributed by atoms with van der Waals surface area (Å²) in [4.78, 5) is 21.8. The topological polar surface area (TPSA) is 106 Å². The van der Waals surface area contributed by atoms with E-state index in [0.29, 0.717) is 11.3 Å². The highest BCUT2D eigenvalue weighted by molar-refractivity contribution is 5.97. The largest absolute Gasteiger partial charge is 0.457 e. The number of carbonyl (C=O) groups excluding carboxylic acids is 1. The maximum absolute atomic E-state index is 11.6. The molecule has 2 aromatic rings. The maximum Gasteiger partial charge on any atom is 0.349 e. The number of non-ortho nitro benzene ring substituents is 1. The first-order valence-corrected chi connectivity index (χ1v) is 6.79. The quantitative estimate of drug-likeness (QED) is 0.201. The van der Waals surface area contributed by atoms with Crippen molar-refractivity contribution < 1.29 is 18.9 Å². The number of nitro benzene ring substituents is 1. The Balaban J connectivity index is 2.21. The highest BCUT2D eigenvalue weighted by Crippen LogP contribution is 2.25. The van der Waals surface area contributed by atoms with Crippen molar-refractivity contribution in [3.05, 3.63) is 70.5 Å². The summed E-state index contributed by atoms with van der Waals surface area (Å²) in [6.07, 6.45) is 2.66. The molecule has 0 aliphatic rings. The van der Waals surface area contributed by atoms with Crippen LogP contribution in [0.2, 0.25) is 0 Å². The molecule has 1 aromatic carbocycles. The zero-order chi connectivity index (χ0) is 17.5. The van der Waals surface area contributed by atoms with E-state index in [4.69, 9.17) is 14.4 Å². The average molecular weight is 324 g/mol. The van der Waals surface area contributed by atoms with Gasteiger partial charge in [-0.1, -0.05) is 12.7 Å². The lowest BCUT2D eigenvalue weighted by Crippen LogP contribution is -2.06. The molecule has 0 bridgehead atoms. The normalized spacial score (nSPS) is 10.7. The van der Waals surface area contributed by atoms with Crippen LogP contribution in [-0.2, 0) is 9.53 Å². The molecule has 24 heavy (non-hydrogen) atoms. The fraction of sp³-hybridized carbons (Fsp3) is 0.0588. The van der Waals surface area contributed by atoms with Gasteiger partial charge in [0.1, 0.15) is 29.8 Å². The van der Waals surface area contributed by atoms with E-state index in [1.54, 1.807) is 30.3 Å². The Hall–Kier alpha value is -3.66. The van der Waals surface area contributed by atoms with Gasteiger partial charge in [-0.05, 0) is 24.3 Å². The summed E-state index contributed by atoms with van der Waals surface area (Å²) in [5.41, 5.74) is 0.400. The molecule has 1 aromatic heterocycles. The van der Waals surface area contributed by atoms with E-state index in [-0.39, 0.29) is 23.6 Å². The van der Waals surface area contributed by atoms with Crippen molar-refractivity contribution in [2.24, 2.45) is 0 Å². The Labute approximate surface area is 137 Å². The summed E-state index contributed by atoms with van der Waals surface area (Å²) in [6.45, 7) is 3.42. The van der Waals surface area contributed by atoms with Gasteiger partial charge in [-0.25, -0.2) is 4.79 Å². The third kappa shape index (κ3) is 3.96. The van der Waals surface area contributed by atoms with Gasteiger partial charge in [0.2, 0.25) is 0 Å². The standard InChI is InChI=1S/C17H12N2O5/c1-2-9-23-17(20)13(11-18)10-15-7-8-16(24-15)12-3-5-14(6-4-12)19(21)22/h2-8,10H,1,9H2/b13-10+. The molecule has 0 atom stereocenters. The fourth-order valence-electron chi connectivity index (χ4n) is 1.82. The van der Waals surface area contributed by atoms with E-state index in [0.717, 1.165) is 0 Å². The monoisotopic (exact) mass is 324 g/mol. The molecule has 120 valence electrons. The number of ether oxygens (including phenoxy) is 1. The number of furan rings is 1. The van der Waals surface area contributed by atoms with Crippen molar-refractivity contribution in [2.45, 2.75) is 0 Å². The third-order valence-electron chi connectivity index (χ3n) is 2.95. The smallest absolute Gasteiger partial charge is 0.349 e. The van der Waals surface area contributed by atoms with Gasteiger partial charge in [0.05, 0.1) is 4.92 Å². The van der Waals surface area contributed by atoms with Crippen LogP contribution in [0.5, 0.6) is 0 Å². The molecule has 0 saturated carbocycles. The zero-order valence-electron chi connectivity index (χ0n) is 12.5. The van der Waals surface area contributed by atoms with Crippen LogP contribution in [0, 0.1) is 21.4 Å². The van der Waals surface area contributed by atoms with E-state index in [1.165, 1.54) is 24.3 Å². The van der Waals surface area contributed by atoms with E-state index < -0.39 is 10.9 Å². The lowest BCUT2D eigenvalue weighted by molar-refractivity contribution is -0.384. The maximum atomic E-state index is 11.6. The molecule has 2 rings (SSSR count). The molecule has 7 nitrogen and oxygen atoms in total. The van der Waals surface area contributed by atoms with Gasteiger partial charge in [0, 0.05) is 23.8 Å². The number of nitriles is 1. The first-order valence-electron chi connectivity index (χ1n) is 6.79. The van der Waals surface area contributed by atoms with Crippen LogP contribution < -0.4 is 0 Å². The zero-order valence-corrected chi connectivity index (χ0v) is 12.5. The summed E-state index contributed by atoms with van der Waals surface area (Å²) < 4.78 is 10.3. The number of hydrogen-bond donors (Lipinski definition) is 0. The lowest BCUT2D eigenvalue weighted by Gasteiger charge is -1.99. The van der Waals surface area contributed by atoms with E-state index in [9.17, 15) is 14.9 Å². The number of rotatable bonds is 6. The molecule has 0 fully saturated rings. The van der Waals surface area contributed by atoms with Gasteiger partial charge < -0.3 is 9.15 Å². The number of nitro groups is 1. The van der Waals surface area contributed by atoms with Crippen molar-refractivity contribution in [3.63, 3.8) is 0 Å². The highest BCUT2D eigenvalue weighted by atomic mass is 16.6. The number of carbonyl (C=O) groups is 1. The molecule has 0 unspecified atom stereocenters. The lowest BCUT2D eigenvalue weighted by atomic mass is 10.1. The second kappa shape index (κ2) is 7.56. The Morgan fingerprint density at radius 1 is 1.33 bits per heavy atom. The van der Waals surface area contributed by atoms with E-state index in [1.807, 2.05) is 0 Å². The van der Waals surface area contributed by atoms with Gasteiger partial charge in [-0.3, -0.25) is 10.1 Å². The summed E-state index contributed by atoms with van der Waals surface area (Å²) in [6, 6.07) is 10.8. The van der Waals surface area contributed by atoms with Gasteiger partial charge in [-0.2, -0.15) is 5.26 Å². The SMILES string of the molecule is C=CCOC(=O)/C(C#N)=C/c1ccc(-c2ccc([N+](=O)[O-])cc2)o1. The second-order valence-electron chi connectivity index (χ2n) is 4.56. The Morgan fingerprint density at radius 2 is 2.04 bits per heavy atom.